The van der Waals surface area contributed by atoms with Gasteiger partial charge in [-0.25, -0.2) is 8.78 Å². The van der Waals surface area contributed by atoms with Crippen molar-refractivity contribution in [2.75, 3.05) is 32.6 Å². The van der Waals surface area contributed by atoms with Crippen molar-refractivity contribution in [3.05, 3.63) is 106 Å². The fraction of sp³-hybridized carbons (Fsp3) is 0.417. The van der Waals surface area contributed by atoms with Gasteiger partial charge in [0.1, 0.15) is 16.9 Å². The number of aliphatic hydroxyl groups is 1. The van der Waals surface area contributed by atoms with E-state index >= 15 is 0 Å². The molecule has 11 heteroatoms. The number of amides is 3. The summed E-state index contributed by atoms with van der Waals surface area (Å²) in [5.41, 5.74) is 2.27. The highest BCUT2D eigenvalue weighted by molar-refractivity contribution is 8.00. The van der Waals surface area contributed by atoms with Crippen molar-refractivity contribution >= 4 is 29.5 Å². The topological polar surface area (TPSA) is 108 Å². The molecule has 0 aromatic heterocycles. The third-order valence-corrected chi connectivity index (χ3v) is 8.68. The summed E-state index contributed by atoms with van der Waals surface area (Å²) in [4.78, 5) is 42.4. The van der Waals surface area contributed by atoms with E-state index in [0.29, 0.717) is 36.6 Å². The lowest BCUT2D eigenvalue weighted by Gasteiger charge is -2.30. The normalized spacial score (nSPS) is 13.0. The fourth-order valence-corrected chi connectivity index (χ4v) is 6.39. The van der Waals surface area contributed by atoms with Gasteiger partial charge < -0.3 is 25.4 Å². The van der Waals surface area contributed by atoms with Gasteiger partial charge in [0.15, 0.2) is 0 Å². The molecule has 0 spiro atoms. The van der Waals surface area contributed by atoms with Gasteiger partial charge in [-0.15, -0.1) is 11.8 Å². The molecular formula is C36H45F2N3O5S. The zero-order valence-corrected chi connectivity index (χ0v) is 28.2. The van der Waals surface area contributed by atoms with Crippen LogP contribution in [0.15, 0.2) is 66.7 Å². The molecule has 8 nitrogen and oxygen atoms in total. The molecule has 3 amide bonds. The van der Waals surface area contributed by atoms with Crippen molar-refractivity contribution in [1.29, 1.82) is 0 Å². The van der Waals surface area contributed by atoms with E-state index < -0.39 is 40.8 Å². The second-order valence-electron chi connectivity index (χ2n) is 11.4. The number of halogens is 2. The molecule has 3 atom stereocenters. The maximum atomic E-state index is 14.2. The predicted octanol–water partition coefficient (Wildman–Crippen LogP) is 5.30. The van der Waals surface area contributed by atoms with Gasteiger partial charge in [-0.3, -0.25) is 14.4 Å². The van der Waals surface area contributed by atoms with Gasteiger partial charge in [-0.1, -0.05) is 44.2 Å². The Balaban J connectivity index is 1.94. The van der Waals surface area contributed by atoms with E-state index in [2.05, 4.69) is 10.6 Å². The van der Waals surface area contributed by atoms with Crippen LogP contribution in [0.1, 0.15) is 64.1 Å². The van der Waals surface area contributed by atoms with Gasteiger partial charge in [-0.2, -0.15) is 0 Å². The third-order valence-electron chi connectivity index (χ3n) is 7.43. The highest BCUT2D eigenvalue weighted by Gasteiger charge is 2.35. The zero-order chi connectivity index (χ0) is 34.3. The summed E-state index contributed by atoms with van der Waals surface area (Å²) in [6.45, 7) is 7.43. The number of hydrogen-bond donors (Lipinski definition) is 3. The first-order valence-electron chi connectivity index (χ1n) is 15.8. The molecule has 3 rings (SSSR count). The average Bonchev–Trinajstić information content (AvgIpc) is 3.04. The van der Waals surface area contributed by atoms with E-state index in [4.69, 9.17) is 4.74 Å². The van der Waals surface area contributed by atoms with Gasteiger partial charge in [-0.05, 0) is 73.2 Å². The Hall–Kier alpha value is -3.80. The first-order chi connectivity index (χ1) is 22.6. The standard InChI is InChI=1S/C36H45F2N3O5S/c1-5-12-41(13-6-2)36(45)28-17-24(3)16-27(21-28)34(43)40-31(20-26-18-29(37)22-30(38)19-26)32(42)33(47-15-14-46-4)35(44)39-23-25-10-8-7-9-11-25/h7-11,16-19,21-22,31-33,42H,5-6,12-15,20,23H2,1-4H3,(H,39,44)(H,40,43). The maximum absolute atomic E-state index is 14.2. The number of aliphatic hydroxyl groups excluding tert-OH is 1. The number of ether oxygens (including phenoxy) is 1. The quantitative estimate of drug-likeness (QED) is 0.159. The van der Waals surface area contributed by atoms with Crippen molar-refractivity contribution < 1.29 is 33.0 Å². The molecule has 0 aliphatic heterocycles. The molecule has 0 radical (unpaired) electrons. The smallest absolute Gasteiger partial charge is 0.253 e. The lowest BCUT2D eigenvalue weighted by molar-refractivity contribution is -0.122. The molecule has 254 valence electrons. The second-order valence-corrected chi connectivity index (χ2v) is 12.7. The van der Waals surface area contributed by atoms with Crippen molar-refractivity contribution in [2.45, 2.75) is 64.0 Å². The van der Waals surface area contributed by atoms with Crippen molar-refractivity contribution in [3.8, 4) is 0 Å². The Morgan fingerprint density at radius 3 is 2.17 bits per heavy atom. The number of rotatable bonds is 18. The van der Waals surface area contributed by atoms with E-state index in [9.17, 15) is 28.3 Å². The van der Waals surface area contributed by atoms with Crippen LogP contribution in [0.4, 0.5) is 8.78 Å². The van der Waals surface area contributed by atoms with Gasteiger partial charge in [0, 0.05) is 49.7 Å². The highest BCUT2D eigenvalue weighted by Crippen LogP contribution is 2.22. The summed E-state index contributed by atoms with van der Waals surface area (Å²) < 4.78 is 33.5. The van der Waals surface area contributed by atoms with Crippen LogP contribution in [-0.4, -0.2) is 77.7 Å². The molecule has 0 fully saturated rings. The Labute approximate surface area is 280 Å². The fourth-order valence-electron chi connectivity index (χ4n) is 5.25. The molecule has 0 bridgehead atoms. The first-order valence-corrected chi connectivity index (χ1v) is 16.9. The number of nitrogens with zero attached hydrogens (tertiary/aromatic N) is 1. The predicted molar refractivity (Wildman–Crippen MR) is 181 cm³/mol. The number of nitrogens with one attached hydrogen (secondary N) is 2. The van der Waals surface area contributed by atoms with Crippen LogP contribution in [0.3, 0.4) is 0 Å². The number of aryl methyl sites for hydroxylation is 1. The largest absolute Gasteiger partial charge is 0.389 e. The lowest BCUT2D eigenvalue weighted by Crippen LogP contribution is -2.53. The molecule has 0 saturated heterocycles. The molecule has 3 unspecified atom stereocenters. The van der Waals surface area contributed by atoms with Crippen LogP contribution in [0.25, 0.3) is 0 Å². The summed E-state index contributed by atoms with van der Waals surface area (Å²) in [6, 6.07) is 16.0. The Bertz CT molecular complexity index is 1450. The summed E-state index contributed by atoms with van der Waals surface area (Å²) in [5.74, 6) is -2.52. The number of hydrogen-bond acceptors (Lipinski definition) is 6. The van der Waals surface area contributed by atoms with Crippen LogP contribution in [0.5, 0.6) is 0 Å². The molecule has 0 aliphatic rings. The molecule has 0 heterocycles. The first kappa shape index (κ1) is 37.7. The Kier molecular flexibility index (Phi) is 15.3. The molecule has 3 N–H and O–H groups in total. The van der Waals surface area contributed by atoms with Crippen molar-refractivity contribution in [1.82, 2.24) is 15.5 Å². The molecule has 3 aromatic carbocycles. The summed E-state index contributed by atoms with van der Waals surface area (Å²) >= 11 is 1.15. The maximum Gasteiger partial charge on any atom is 0.253 e. The number of methoxy groups -OCH3 is 1. The Morgan fingerprint density at radius 1 is 0.915 bits per heavy atom. The van der Waals surface area contributed by atoms with Crippen molar-refractivity contribution in [2.24, 2.45) is 0 Å². The molecule has 47 heavy (non-hydrogen) atoms. The monoisotopic (exact) mass is 669 g/mol. The van der Waals surface area contributed by atoms with Crippen LogP contribution >= 0.6 is 11.8 Å². The minimum absolute atomic E-state index is 0.173. The van der Waals surface area contributed by atoms with Crippen LogP contribution < -0.4 is 10.6 Å². The van der Waals surface area contributed by atoms with Crippen LogP contribution in [0.2, 0.25) is 0 Å². The number of thioether (sulfide) groups is 1. The number of carbonyl (C=O) groups excluding carboxylic acids is 3. The van der Waals surface area contributed by atoms with E-state index in [1.54, 1.807) is 24.0 Å². The molecule has 0 aliphatic carbocycles. The molecular weight excluding hydrogens is 624 g/mol. The molecule has 3 aromatic rings. The number of carbonyl (C=O) groups is 3. The van der Waals surface area contributed by atoms with Gasteiger partial charge in [0.2, 0.25) is 5.91 Å². The number of benzene rings is 3. The summed E-state index contributed by atoms with van der Waals surface area (Å²) in [5, 5.41) is 16.3. The van der Waals surface area contributed by atoms with Crippen LogP contribution in [0, 0.1) is 18.6 Å². The lowest BCUT2D eigenvalue weighted by atomic mass is 9.97. The Morgan fingerprint density at radius 2 is 1.55 bits per heavy atom. The van der Waals surface area contributed by atoms with E-state index in [1.165, 1.54) is 13.2 Å². The molecule has 0 saturated carbocycles. The highest BCUT2D eigenvalue weighted by atomic mass is 32.2. The summed E-state index contributed by atoms with van der Waals surface area (Å²) in [6.07, 6.45) is -0.0763. The third kappa shape index (κ3) is 11.7. The average molecular weight is 670 g/mol. The van der Waals surface area contributed by atoms with Crippen molar-refractivity contribution in [3.63, 3.8) is 0 Å². The minimum atomic E-state index is -1.47. The zero-order valence-electron chi connectivity index (χ0n) is 27.4. The van der Waals surface area contributed by atoms with E-state index in [0.717, 1.165) is 48.4 Å². The van der Waals surface area contributed by atoms with Gasteiger partial charge in [0.05, 0.1) is 18.8 Å². The SMILES string of the molecule is CCCN(CCC)C(=O)c1cc(C)cc(C(=O)NC(Cc2cc(F)cc(F)c2)C(O)C(SCCOC)C(=O)NCc2ccccc2)c1. The van der Waals surface area contributed by atoms with Gasteiger partial charge in [0.25, 0.3) is 11.8 Å². The van der Waals surface area contributed by atoms with Crippen LogP contribution in [-0.2, 0) is 22.5 Å². The van der Waals surface area contributed by atoms with E-state index in [-0.39, 0.29) is 30.0 Å². The van der Waals surface area contributed by atoms with Gasteiger partial charge >= 0.3 is 0 Å². The van der Waals surface area contributed by atoms with E-state index in [1.807, 2.05) is 44.2 Å². The summed E-state index contributed by atoms with van der Waals surface area (Å²) in [7, 11) is 1.52. The second kappa shape index (κ2) is 19.1. The minimum Gasteiger partial charge on any atom is -0.389 e.